The van der Waals surface area contributed by atoms with Gasteiger partial charge in [-0.25, -0.2) is 4.39 Å². The SMILES string of the molecule is Fc1ccccc1C(Cl)C(Br)C1CCCCC1. The molecule has 0 nitrogen and oxygen atoms in total. The molecule has 0 aliphatic heterocycles. The number of rotatable bonds is 3. The second kappa shape index (κ2) is 6.19. The van der Waals surface area contributed by atoms with Crippen LogP contribution < -0.4 is 0 Å². The normalized spacial score (nSPS) is 21.1. The summed E-state index contributed by atoms with van der Waals surface area (Å²) in [5.74, 6) is 0.374. The van der Waals surface area contributed by atoms with Crippen LogP contribution in [0.5, 0.6) is 0 Å². The smallest absolute Gasteiger partial charge is 0.127 e. The molecule has 0 aromatic heterocycles. The van der Waals surface area contributed by atoms with Gasteiger partial charge in [-0.05, 0) is 24.8 Å². The van der Waals surface area contributed by atoms with Crippen LogP contribution >= 0.6 is 27.5 Å². The average molecular weight is 320 g/mol. The maximum Gasteiger partial charge on any atom is 0.127 e. The first-order valence-electron chi connectivity index (χ1n) is 6.22. The molecule has 0 spiro atoms. The van der Waals surface area contributed by atoms with Crippen molar-refractivity contribution in [2.75, 3.05) is 0 Å². The zero-order valence-corrected chi connectivity index (χ0v) is 12.1. The third-order valence-corrected chi connectivity index (χ3v) is 5.67. The topological polar surface area (TPSA) is 0 Å². The minimum Gasteiger partial charge on any atom is -0.207 e. The summed E-state index contributed by atoms with van der Waals surface area (Å²) in [5, 5.41) is -0.278. The molecule has 1 aliphatic rings. The van der Waals surface area contributed by atoms with Crippen molar-refractivity contribution >= 4 is 27.5 Å². The Kier molecular flexibility index (Phi) is 4.87. The molecule has 2 rings (SSSR count). The molecule has 1 aromatic rings. The van der Waals surface area contributed by atoms with Crippen LogP contribution in [0.25, 0.3) is 0 Å². The molecule has 2 unspecified atom stereocenters. The minimum absolute atomic E-state index is 0.168. The molecular formula is C14H17BrClF. The summed E-state index contributed by atoms with van der Waals surface area (Å²) < 4.78 is 13.7. The summed E-state index contributed by atoms with van der Waals surface area (Å²) in [6.07, 6.45) is 6.27. The summed E-state index contributed by atoms with van der Waals surface area (Å²) >= 11 is 10.1. The van der Waals surface area contributed by atoms with Crippen molar-refractivity contribution in [1.29, 1.82) is 0 Å². The minimum atomic E-state index is -0.278. The molecule has 0 N–H and O–H groups in total. The van der Waals surface area contributed by atoms with Gasteiger partial charge in [-0.15, -0.1) is 11.6 Å². The van der Waals surface area contributed by atoms with Crippen molar-refractivity contribution in [3.8, 4) is 0 Å². The van der Waals surface area contributed by atoms with E-state index in [1.165, 1.54) is 38.2 Å². The third-order valence-electron chi connectivity index (χ3n) is 3.58. The molecule has 0 bridgehead atoms. The molecular weight excluding hydrogens is 303 g/mol. The van der Waals surface area contributed by atoms with E-state index in [-0.39, 0.29) is 16.0 Å². The van der Waals surface area contributed by atoms with Gasteiger partial charge in [0.05, 0.1) is 5.38 Å². The molecule has 1 fully saturated rings. The lowest BCUT2D eigenvalue weighted by Crippen LogP contribution is -2.22. The highest BCUT2D eigenvalue weighted by molar-refractivity contribution is 9.09. The maximum absolute atomic E-state index is 13.7. The number of hydrogen-bond donors (Lipinski definition) is 0. The highest BCUT2D eigenvalue weighted by Crippen LogP contribution is 2.40. The van der Waals surface area contributed by atoms with Crippen molar-refractivity contribution in [3.05, 3.63) is 35.6 Å². The first-order valence-corrected chi connectivity index (χ1v) is 7.58. The van der Waals surface area contributed by atoms with Gasteiger partial charge in [-0.2, -0.15) is 0 Å². The fourth-order valence-electron chi connectivity index (χ4n) is 2.56. The van der Waals surface area contributed by atoms with E-state index in [1.54, 1.807) is 12.1 Å². The van der Waals surface area contributed by atoms with Crippen LogP contribution in [-0.2, 0) is 0 Å². The van der Waals surface area contributed by atoms with Gasteiger partial charge in [-0.3, -0.25) is 0 Å². The average Bonchev–Trinajstić information content (AvgIpc) is 2.39. The van der Waals surface area contributed by atoms with Crippen LogP contribution in [0.3, 0.4) is 0 Å². The molecule has 1 saturated carbocycles. The Bertz CT molecular complexity index is 363. The van der Waals surface area contributed by atoms with E-state index in [9.17, 15) is 4.39 Å². The Morgan fingerprint density at radius 2 is 1.82 bits per heavy atom. The number of benzene rings is 1. The van der Waals surface area contributed by atoms with E-state index in [4.69, 9.17) is 11.6 Å². The Morgan fingerprint density at radius 3 is 2.47 bits per heavy atom. The van der Waals surface area contributed by atoms with Gasteiger partial charge in [0.1, 0.15) is 5.82 Å². The lowest BCUT2D eigenvalue weighted by atomic mass is 9.85. The fraction of sp³-hybridized carbons (Fsp3) is 0.571. The number of hydrogen-bond acceptors (Lipinski definition) is 0. The van der Waals surface area contributed by atoms with Gasteiger partial charge >= 0.3 is 0 Å². The maximum atomic E-state index is 13.7. The first kappa shape index (κ1) is 13.4. The molecule has 0 radical (unpaired) electrons. The van der Waals surface area contributed by atoms with Crippen LogP contribution in [0.4, 0.5) is 4.39 Å². The molecule has 94 valence electrons. The van der Waals surface area contributed by atoms with E-state index < -0.39 is 0 Å². The van der Waals surface area contributed by atoms with Crippen molar-refractivity contribution in [1.82, 2.24) is 0 Å². The second-order valence-electron chi connectivity index (χ2n) is 4.77. The lowest BCUT2D eigenvalue weighted by Gasteiger charge is -2.29. The monoisotopic (exact) mass is 318 g/mol. The van der Waals surface area contributed by atoms with Gasteiger partial charge in [-0.1, -0.05) is 53.4 Å². The van der Waals surface area contributed by atoms with Crippen LogP contribution in [0.2, 0.25) is 0 Å². The van der Waals surface area contributed by atoms with Crippen molar-refractivity contribution in [2.24, 2.45) is 5.92 Å². The summed E-state index contributed by atoms with van der Waals surface area (Å²) in [4.78, 5) is 0.168. The highest BCUT2D eigenvalue weighted by atomic mass is 79.9. The molecule has 0 amide bonds. The number of halogens is 3. The van der Waals surface area contributed by atoms with Gasteiger partial charge in [0.2, 0.25) is 0 Å². The summed E-state index contributed by atoms with van der Waals surface area (Å²) in [7, 11) is 0. The predicted molar refractivity (Wildman–Crippen MR) is 74.3 cm³/mol. The Morgan fingerprint density at radius 1 is 1.18 bits per heavy atom. The van der Waals surface area contributed by atoms with E-state index in [0.717, 1.165) is 0 Å². The number of alkyl halides is 2. The predicted octanol–water partition coefficient (Wildman–Crippen LogP) is 5.45. The summed E-state index contributed by atoms with van der Waals surface area (Å²) in [5.41, 5.74) is 0.613. The quantitative estimate of drug-likeness (QED) is 0.650. The molecule has 1 aliphatic carbocycles. The molecule has 1 aromatic carbocycles. The lowest BCUT2D eigenvalue weighted by molar-refractivity contribution is 0.346. The zero-order valence-electron chi connectivity index (χ0n) is 9.71. The fourth-order valence-corrected chi connectivity index (χ4v) is 3.76. The highest BCUT2D eigenvalue weighted by Gasteiger charge is 2.29. The van der Waals surface area contributed by atoms with Crippen LogP contribution in [0.1, 0.15) is 43.0 Å². The van der Waals surface area contributed by atoms with Crippen LogP contribution in [-0.4, -0.2) is 4.83 Å². The molecule has 2 atom stereocenters. The van der Waals surface area contributed by atoms with E-state index in [1.807, 2.05) is 6.07 Å². The van der Waals surface area contributed by atoms with Crippen molar-refractivity contribution < 1.29 is 4.39 Å². The van der Waals surface area contributed by atoms with E-state index in [0.29, 0.717) is 11.5 Å². The standard InChI is InChI=1S/C14H17BrClF/c15-13(10-6-2-1-3-7-10)14(16)11-8-4-5-9-12(11)17/h4-5,8-10,13-14H,1-3,6-7H2. The van der Waals surface area contributed by atoms with E-state index in [2.05, 4.69) is 15.9 Å². The van der Waals surface area contributed by atoms with Gasteiger partial charge in [0.25, 0.3) is 0 Å². The Hall–Kier alpha value is -0.0800. The van der Waals surface area contributed by atoms with Crippen molar-refractivity contribution in [3.63, 3.8) is 0 Å². The molecule has 0 heterocycles. The van der Waals surface area contributed by atoms with Crippen LogP contribution in [0, 0.1) is 11.7 Å². The van der Waals surface area contributed by atoms with Crippen LogP contribution in [0.15, 0.2) is 24.3 Å². The molecule has 17 heavy (non-hydrogen) atoms. The first-order chi connectivity index (χ1) is 8.20. The molecule has 0 saturated heterocycles. The molecule has 3 heteroatoms. The Balaban J connectivity index is 2.08. The van der Waals surface area contributed by atoms with E-state index >= 15 is 0 Å². The van der Waals surface area contributed by atoms with Gasteiger partial charge in [0.15, 0.2) is 0 Å². The third kappa shape index (κ3) is 3.23. The Labute approximate surface area is 116 Å². The summed E-state index contributed by atoms with van der Waals surface area (Å²) in [6, 6.07) is 6.80. The van der Waals surface area contributed by atoms with Crippen molar-refractivity contribution in [2.45, 2.75) is 42.3 Å². The summed E-state index contributed by atoms with van der Waals surface area (Å²) in [6.45, 7) is 0. The van der Waals surface area contributed by atoms with Gasteiger partial charge < -0.3 is 0 Å². The largest absolute Gasteiger partial charge is 0.207 e. The van der Waals surface area contributed by atoms with Gasteiger partial charge in [0, 0.05) is 10.4 Å². The second-order valence-corrected chi connectivity index (χ2v) is 6.29. The zero-order chi connectivity index (χ0) is 12.3.